The summed E-state index contributed by atoms with van der Waals surface area (Å²) in [5.74, 6) is 0.609. The van der Waals surface area contributed by atoms with E-state index >= 15 is 0 Å². The number of methoxy groups -OCH3 is 1. The fourth-order valence-electron chi connectivity index (χ4n) is 3.27. The summed E-state index contributed by atoms with van der Waals surface area (Å²) in [5.41, 5.74) is 3.19. The van der Waals surface area contributed by atoms with Gasteiger partial charge >= 0.3 is 0 Å². The number of thiophene rings is 1. The Hall–Kier alpha value is -3.38. The molecule has 0 fully saturated rings. The lowest BCUT2D eigenvalue weighted by Gasteiger charge is -2.06. The Morgan fingerprint density at radius 3 is 2.73 bits per heavy atom. The molecule has 1 N–H and O–H groups in total. The molecule has 0 aliphatic rings. The van der Waals surface area contributed by atoms with Crippen LogP contribution in [0, 0.1) is 0 Å². The topological polar surface area (TPSA) is 56.2 Å². The lowest BCUT2D eigenvalue weighted by Crippen LogP contribution is -2.25. The van der Waals surface area contributed by atoms with Gasteiger partial charge in [0.2, 0.25) is 0 Å². The summed E-state index contributed by atoms with van der Waals surface area (Å²) in [4.78, 5) is 14.2. The molecule has 4 aromatic rings. The Balaban J connectivity index is 1.59. The Labute approximate surface area is 179 Å². The highest BCUT2D eigenvalue weighted by atomic mass is 32.1. The van der Waals surface area contributed by atoms with Gasteiger partial charge in [-0.1, -0.05) is 48.5 Å². The van der Waals surface area contributed by atoms with Crippen molar-refractivity contribution in [3.8, 4) is 17.0 Å². The summed E-state index contributed by atoms with van der Waals surface area (Å²) in [6, 6.07) is 21.8. The van der Waals surface area contributed by atoms with Crippen LogP contribution in [0.3, 0.4) is 0 Å². The van der Waals surface area contributed by atoms with Crippen LogP contribution in [0.5, 0.6) is 5.75 Å². The third-order valence-electron chi connectivity index (χ3n) is 4.77. The zero-order valence-corrected chi connectivity index (χ0v) is 17.6. The summed E-state index contributed by atoms with van der Waals surface area (Å²) in [7, 11) is 1.63. The maximum atomic E-state index is 13.0. The minimum atomic E-state index is -0.122. The molecule has 2 aromatic heterocycles. The number of benzene rings is 2. The van der Waals surface area contributed by atoms with Gasteiger partial charge in [-0.15, -0.1) is 11.3 Å². The second kappa shape index (κ2) is 9.41. The van der Waals surface area contributed by atoms with Gasteiger partial charge in [0.05, 0.1) is 19.2 Å². The van der Waals surface area contributed by atoms with E-state index in [0.29, 0.717) is 24.3 Å². The van der Waals surface area contributed by atoms with Crippen LogP contribution in [-0.4, -0.2) is 29.3 Å². The van der Waals surface area contributed by atoms with Crippen LogP contribution in [0.15, 0.2) is 78.3 Å². The van der Waals surface area contributed by atoms with Gasteiger partial charge < -0.3 is 10.1 Å². The number of carbonyl (C=O) groups is 1. The van der Waals surface area contributed by atoms with E-state index in [2.05, 4.69) is 11.4 Å². The zero-order chi connectivity index (χ0) is 20.8. The summed E-state index contributed by atoms with van der Waals surface area (Å²) >= 11 is 1.70. The van der Waals surface area contributed by atoms with Gasteiger partial charge in [-0.25, -0.2) is 0 Å². The lowest BCUT2D eigenvalue weighted by molar-refractivity contribution is 0.0954. The van der Waals surface area contributed by atoms with Crippen molar-refractivity contribution in [3.63, 3.8) is 0 Å². The number of nitrogens with one attached hydrogen (secondary N) is 1. The quantitative estimate of drug-likeness (QED) is 0.454. The van der Waals surface area contributed by atoms with Crippen LogP contribution in [-0.2, 0) is 13.0 Å². The number of hydrogen-bond donors (Lipinski definition) is 1. The fraction of sp³-hybridized carbons (Fsp3) is 0.167. The molecule has 0 aliphatic carbocycles. The van der Waals surface area contributed by atoms with E-state index in [-0.39, 0.29) is 5.91 Å². The molecule has 0 bridgehead atoms. The Morgan fingerprint density at radius 2 is 1.97 bits per heavy atom. The van der Waals surface area contributed by atoms with Crippen molar-refractivity contribution in [2.75, 3.05) is 13.7 Å². The number of hydrogen-bond acceptors (Lipinski definition) is 4. The first-order valence-corrected chi connectivity index (χ1v) is 10.7. The van der Waals surface area contributed by atoms with Crippen molar-refractivity contribution in [1.29, 1.82) is 0 Å². The second-order valence-electron chi connectivity index (χ2n) is 6.89. The highest BCUT2D eigenvalue weighted by molar-refractivity contribution is 7.09. The maximum absolute atomic E-state index is 13.0. The predicted octanol–water partition coefficient (Wildman–Crippen LogP) is 4.64. The SMILES string of the molecule is COc1cccc(-c2nn(Cc3ccccc3)cc2C(=O)NCCc2cccs2)c1. The smallest absolute Gasteiger partial charge is 0.255 e. The monoisotopic (exact) mass is 417 g/mol. The number of amides is 1. The maximum Gasteiger partial charge on any atom is 0.255 e. The molecule has 0 saturated carbocycles. The van der Waals surface area contributed by atoms with Crippen LogP contribution < -0.4 is 10.1 Å². The van der Waals surface area contributed by atoms with Crippen molar-refractivity contribution >= 4 is 17.2 Å². The molecule has 0 unspecified atom stereocenters. The Morgan fingerprint density at radius 1 is 1.10 bits per heavy atom. The van der Waals surface area contributed by atoms with Gasteiger partial charge in [-0.3, -0.25) is 9.48 Å². The van der Waals surface area contributed by atoms with Gasteiger partial charge in [0.25, 0.3) is 5.91 Å². The lowest BCUT2D eigenvalue weighted by atomic mass is 10.1. The first-order valence-electron chi connectivity index (χ1n) is 9.79. The molecular weight excluding hydrogens is 394 g/mol. The van der Waals surface area contributed by atoms with E-state index in [0.717, 1.165) is 23.3 Å². The number of aromatic nitrogens is 2. The molecule has 5 nitrogen and oxygen atoms in total. The molecule has 6 heteroatoms. The van der Waals surface area contributed by atoms with Gasteiger partial charge in [0.1, 0.15) is 11.4 Å². The van der Waals surface area contributed by atoms with Crippen LogP contribution in [0.25, 0.3) is 11.3 Å². The van der Waals surface area contributed by atoms with Crippen LogP contribution in [0.2, 0.25) is 0 Å². The molecule has 0 atom stereocenters. The minimum absolute atomic E-state index is 0.122. The highest BCUT2D eigenvalue weighted by Gasteiger charge is 2.18. The molecule has 1 amide bonds. The second-order valence-corrected chi connectivity index (χ2v) is 7.92. The first kappa shape index (κ1) is 19.9. The van der Waals surface area contributed by atoms with E-state index in [1.54, 1.807) is 18.4 Å². The Bertz CT molecular complexity index is 1100. The van der Waals surface area contributed by atoms with Crippen molar-refractivity contribution < 1.29 is 9.53 Å². The zero-order valence-electron chi connectivity index (χ0n) is 16.7. The summed E-state index contributed by atoms with van der Waals surface area (Å²) in [6.45, 7) is 1.18. The number of rotatable bonds is 8. The third-order valence-corrected chi connectivity index (χ3v) is 5.71. The standard InChI is InChI=1S/C24H23N3O2S/c1-29-20-10-5-9-19(15-20)23-22(24(28)25-13-12-21-11-6-14-30-21)17-27(26-23)16-18-7-3-2-4-8-18/h2-11,14-15,17H,12-13,16H2,1H3,(H,25,28). The molecule has 0 radical (unpaired) electrons. The molecule has 4 rings (SSSR count). The van der Waals surface area contributed by atoms with Gasteiger partial charge in [-0.2, -0.15) is 5.10 Å². The van der Waals surface area contributed by atoms with Gasteiger partial charge in [-0.05, 0) is 35.6 Å². The van der Waals surface area contributed by atoms with Crippen LogP contribution >= 0.6 is 11.3 Å². The summed E-state index contributed by atoms with van der Waals surface area (Å²) < 4.78 is 7.17. The summed E-state index contributed by atoms with van der Waals surface area (Å²) in [5, 5.41) is 9.82. The normalized spacial score (nSPS) is 10.7. The fourth-order valence-corrected chi connectivity index (χ4v) is 3.98. The van der Waals surface area contributed by atoms with E-state index in [1.165, 1.54) is 4.88 Å². The Kier molecular flexibility index (Phi) is 6.25. The number of nitrogens with zero attached hydrogens (tertiary/aromatic N) is 2. The molecular formula is C24H23N3O2S. The molecule has 2 heterocycles. The molecule has 30 heavy (non-hydrogen) atoms. The third kappa shape index (κ3) is 4.78. The van der Waals surface area contributed by atoms with Crippen LogP contribution in [0.4, 0.5) is 0 Å². The average molecular weight is 418 g/mol. The highest BCUT2D eigenvalue weighted by Crippen LogP contribution is 2.26. The van der Waals surface area contributed by atoms with Crippen molar-refractivity contribution in [2.24, 2.45) is 0 Å². The number of ether oxygens (including phenoxy) is 1. The van der Waals surface area contributed by atoms with E-state index < -0.39 is 0 Å². The minimum Gasteiger partial charge on any atom is -0.497 e. The predicted molar refractivity (Wildman–Crippen MR) is 120 cm³/mol. The summed E-state index contributed by atoms with van der Waals surface area (Å²) in [6.07, 6.45) is 2.64. The van der Waals surface area contributed by atoms with Gasteiger partial charge in [0, 0.05) is 23.2 Å². The van der Waals surface area contributed by atoms with E-state index in [1.807, 2.05) is 76.9 Å². The van der Waals surface area contributed by atoms with Crippen molar-refractivity contribution in [1.82, 2.24) is 15.1 Å². The molecule has 0 saturated heterocycles. The largest absolute Gasteiger partial charge is 0.497 e. The number of carbonyl (C=O) groups excluding carboxylic acids is 1. The molecule has 2 aromatic carbocycles. The van der Waals surface area contributed by atoms with Crippen molar-refractivity contribution in [3.05, 3.63) is 94.3 Å². The molecule has 152 valence electrons. The van der Waals surface area contributed by atoms with E-state index in [9.17, 15) is 4.79 Å². The van der Waals surface area contributed by atoms with Crippen LogP contribution in [0.1, 0.15) is 20.8 Å². The molecule has 0 aliphatic heterocycles. The van der Waals surface area contributed by atoms with E-state index in [4.69, 9.17) is 9.84 Å². The molecule has 0 spiro atoms. The average Bonchev–Trinajstić information content (AvgIpc) is 3.45. The first-order chi connectivity index (χ1) is 14.7. The van der Waals surface area contributed by atoms with Gasteiger partial charge in [0.15, 0.2) is 0 Å². The van der Waals surface area contributed by atoms with Crippen molar-refractivity contribution in [2.45, 2.75) is 13.0 Å².